The predicted molar refractivity (Wildman–Crippen MR) is 55.6 cm³/mol. The van der Waals surface area contributed by atoms with Gasteiger partial charge in [-0.05, 0) is 24.3 Å². The molecule has 2 aromatic rings. The van der Waals surface area contributed by atoms with Crippen molar-refractivity contribution in [1.82, 2.24) is 0 Å². The van der Waals surface area contributed by atoms with E-state index in [4.69, 9.17) is 11.6 Å². The van der Waals surface area contributed by atoms with E-state index in [0.29, 0.717) is 10.6 Å². The molecule has 0 aliphatic heterocycles. The second-order valence-electron chi connectivity index (χ2n) is 3.01. The number of halogens is 3. The van der Waals surface area contributed by atoms with Crippen molar-refractivity contribution in [3.05, 3.63) is 59.1 Å². The van der Waals surface area contributed by atoms with Crippen molar-refractivity contribution in [3.63, 3.8) is 0 Å². The van der Waals surface area contributed by atoms with Gasteiger partial charge in [0.2, 0.25) is 0 Å². The summed E-state index contributed by atoms with van der Waals surface area (Å²) in [7, 11) is 0. The van der Waals surface area contributed by atoms with Crippen molar-refractivity contribution >= 4 is 11.6 Å². The van der Waals surface area contributed by atoms with Crippen LogP contribution in [0.4, 0.5) is 8.78 Å². The monoisotopic (exact) mass is 223 g/mol. The maximum absolute atomic E-state index is 13.4. The van der Waals surface area contributed by atoms with Gasteiger partial charge >= 0.3 is 0 Å². The summed E-state index contributed by atoms with van der Waals surface area (Å²) in [5.74, 6) is -1.77. The summed E-state index contributed by atoms with van der Waals surface area (Å²) in [5.41, 5.74) is 0.591. The van der Waals surface area contributed by atoms with Crippen LogP contribution in [0.1, 0.15) is 0 Å². The fourth-order valence-electron chi connectivity index (χ4n) is 1.33. The molecule has 0 amide bonds. The second-order valence-corrected chi connectivity index (χ2v) is 3.41. The summed E-state index contributed by atoms with van der Waals surface area (Å²) in [5, 5.41) is 0.373. The first kappa shape index (κ1) is 10.1. The highest BCUT2D eigenvalue weighted by molar-refractivity contribution is 6.33. The lowest BCUT2D eigenvalue weighted by Gasteiger charge is -2.05. The van der Waals surface area contributed by atoms with Gasteiger partial charge in [0, 0.05) is 16.1 Å². The highest BCUT2D eigenvalue weighted by Gasteiger charge is 2.11. The molecule has 75 valence electrons. The van der Waals surface area contributed by atoms with E-state index in [9.17, 15) is 8.78 Å². The Morgan fingerprint density at radius 1 is 1.07 bits per heavy atom. The lowest BCUT2D eigenvalue weighted by Crippen LogP contribution is -1.89. The molecule has 2 rings (SSSR count). The van der Waals surface area contributed by atoms with Crippen LogP contribution < -0.4 is 0 Å². The van der Waals surface area contributed by atoms with Crippen LogP contribution in [0.15, 0.2) is 36.4 Å². The van der Waals surface area contributed by atoms with Crippen LogP contribution in [0.25, 0.3) is 11.1 Å². The molecule has 0 unspecified atom stereocenters. The highest BCUT2D eigenvalue weighted by atomic mass is 35.5. The minimum absolute atomic E-state index is 0.150. The van der Waals surface area contributed by atoms with E-state index in [2.05, 4.69) is 6.07 Å². The van der Waals surface area contributed by atoms with E-state index in [1.807, 2.05) is 0 Å². The van der Waals surface area contributed by atoms with Crippen molar-refractivity contribution in [3.8, 4) is 11.1 Å². The SMILES string of the molecule is Fc1cccc(-c2c[c]ccc2Cl)c1F. The Labute approximate surface area is 91.1 Å². The summed E-state index contributed by atoms with van der Waals surface area (Å²) in [6, 6.07) is 11.5. The maximum atomic E-state index is 13.4. The number of rotatable bonds is 1. The Hall–Kier alpha value is -1.41. The van der Waals surface area contributed by atoms with Crippen molar-refractivity contribution in [2.45, 2.75) is 0 Å². The highest BCUT2D eigenvalue weighted by Crippen LogP contribution is 2.30. The lowest BCUT2D eigenvalue weighted by atomic mass is 10.1. The zero-order valence-corrected chi connectivity index (χ0v) is 8.35. The molecular formula is C12H6ClF2. The van der Waals surface area contributed by atoms with Gasteiger partial charge in [0.1, 0.15) is 0 Å². The maximum Gasteiger partial charge on any atom is 0.166 e. The van der Waals surface area contributed by atoms with Crippen molar-refractivity contribution in [2.24, 2.45) is 0 Å². The van der Waals surface area contributed by atoms with Gasteiger partial charge in [0.25, 0.3) is 0 Å². The quantitative estimate of drug-likeness (QED) is 0.683. The van der Waals surface area contributed by atoms with Gasteiger partial charge in [-0.25, -0.2) is 8.78 Å². The molecule has 0 aromatic heterocycles. The fourth-order valence-corrected chi connectivity index (χ4v) is 1.55. The molecule has 15 heavy (non-hydrogen) atoms. The van der Waals surface area contributed by atoms with Gasteiger partial charge in [-0.3, -0.25) is 0 Å². The molecule has 0 aliphatic carbocycles. The van der Waals surface area contributed by atoms with Gasteiger partial charge in [0.15, 0.2) is 11.6 Å². The predicted octanol–water partition coefficient (Wildman–Crippen LogP) is 4.09. The first-order valence-electron chi connectivity index (χ1n) is 4.30. The van der Waals surface area contributed by atoms with Gasteiger partial charge in [-0.15, -0.1) is 0 Å². The van der Waals surface area contributed by atoms with Gasteiger partial charge in [-0.1, -0.05) is 29.8 Å². The smallest absolute Gasteiger partial charge is 0.166 e. The average Bonchev–Trinajstić information content (AvgIpc) is 2.23. The van der Waals surface area contributed by atoms with Crippen LogP contribution >= 0.6 is 11.6 Å². The van der Waals surface area contributed by atoms with Gasteiger partial charge in [0.05, 0.1) is 0 Å². The van der Waals surface area contributed by atoms with E-state index < -0.39 is 11.6 Å². The Morgan fingerprint density at radius 3 is 2.60 bits per heavy atom. The molecule has 0 saturated heterocycles. The first-order valence-corrected chi connectivity index (χ1v) is 4.68. The topological polar surface area (TPSA) is 0 Å². The third-order valence-corrected chi connectivity index (χ3v) is 2.38. The Morgan fingerprint density at radius 2 is 1.87 bits per heavy atom. The van der Waals surface area contributed by atoms with E-state index in [1.54, 1.807) is 12.1 Å². The molecule has 2 aromatic carbocycles. The summed E-state index contributed by atoms with van der Waals surface area (Å²) in [6.07, 6.45) is 0. The zero-order valence-electron chi connectivity index (χ0n) is 7.60. The summed E-state index contributed by atoms with van der Waals surface area (Å²) < 4.78 is 26.4. The third kappa shape index (κ3) is 1.85. The molecule has 0 nitrogen and oxygen atoms in total. The standard InChI is InChI=1S/C12H6ClF2/c13-10-6-2-1-4-8(10)9-5-3-7-11(14)12(9)15/h2-7H. The number of benzene rings is 2. The molecule has 3 heteroatoms. The second kappa shape index (κ2) is 3.99. The molecule has 0 bridgehead atoms. The lowest BCUT2D eigenvalue weighted by molar-refractivity contribution is 0.511. The van der Waals surface area contributed by atoms with Crippen LogP contribution in [0, 0.1) is 17.7 Å². The first-order chi connectivity index (χ1) is 7.20. The van der Waals surface area contributed by atoms with Gasteiger partial charge < -0.3 is 0 Å². The molecule has 1 radical (unpaired) electrons. The minimum atomic E-state index is -0.890. The van der Waals surface area contributed by atoms with Gasteiger partial charge in [-0.2, -0.15) is 0 Å². The molecule has 0 fully saturated rings. The van der Waals surface area contributed by atoms with E-state index in [1.165, 1.54) is 18.2 Å². The molecule has 0 saturated carbocycles. The normalized spacial score (nSPS) is 10.3. The molecule has 0 N–H and O–H groups in total. The summed E-state index contributed by atoms with van der Waals surface area (Å²) in [4.78, 5) is 0. The van der Waals surface area contributed by atoms with E-state index in [-0.39, 0.29) is 5.56 Å². The van der Waals surface area contributed by atoms with Crippen LogP contribution in [-0.4, -0.2) is 0 Å². The Bertz CT molecular complexity index is 495. The third-order valence-electron chi connectivity index (χ3n) is 2.05. The van der Waals surface area contributed by atoms with Crippen molar-refractivity contribution < 1.29 is 8.78 Å². The summed E-state index contributed by atoms with van der Waals surface area (Å²) >= 11 is 5.87. The summed E-state index contributed by atoms with van der Waals surface area (Å²) in [6.45, 7) is 0. The largest absolute Gasteiger partial charge is 0.204 e. The van der Waals surface area contributed by atoms with Crippen molar-refractivity contribution in [2.75, 3.05) is 0 Å². The fraction of sp³-hybridized carbons (Fsp3) is 0. The van der Waals surface area contributed by atoms with Crippen molar-refractivity contribution in [1.29, 1.82) is 0 Å². The Balaban J connectivity index is 2.65. The Kier molecular flexibility index (Phi) is 2.69. The molecule has 0 spiro atoms. The number of hydrogen-bond acceptors (Lipinski definition) is 0. The van der Waals surface area contributed by atoms with E-state index in [0.717, 1.165) is 6.07 Å². The van der Waals surface area contributed by atoms with Crippen LogP contribution in [0.5, 0.6) is 0 Å². The van der Waals surface area contributed by atoms with Crippen LogP contribution in [0.3, 0.4) is 0 Å². The molecule has 0 atom stereocenters. The van der Waals surface area contributed by atoms with E-state index >= 15 is 0 Å². The zero-order chi connectivity index (χ0) is 10.8. The molecule has 0 aliphatic rings. The number of hydrogen-bond donors (Lipinski definition) is 0. The minimum Gasteiger partial charge on any atom is -0.204 e. The molecular weight excluding hydrogens is 218 g/mol. The van der Waals surface area contributed by atoms with Crippen LogP contribution in [-0.2, 0) is 0 Å². The molecule has 0 heterocycles. The van der Waals surface area contributed by atoms with Crippen LogP contribution in [0.2, 0.25) is 5.02 Å². The average molecular weight is 224 g/mol.